The number of pyridine rings is 1. The summed E-state index contributed by atoms with van der Waals surface area (Å²) in [6, 6.07) is 9.72. The van der Waals surface area contributed by atoms with Gasteiger partial charge in [-0.05, 0) is 31.4 Å². The minimum absolute atomic E-state index is 0.0193. The number of anilines is 1. The van der Waals surface area contributed by atoms with Gasteiger partial charge in [0.2, 0.25) is 5.91 Å². The lowest BCUT2D eigenvalue weighted by molar-refractivity contribution is -0.119. The molecule has 0 N–H and O–H groups in total. The Kier molecular flexibility index (Phi) is 3.67. The molecule has 4 rings (SSSR count). The Labute approximate surface area is 145 Å². The van der Waals surface area contributed by atoms with Gasteiger partial charge in [0, 0.05) is 31.0 Å². The van der Waals surface area contributed by atoms with Crippen molar-refractivity contribution in [3.63, 3.8) is 0 Å². The predicted molar refractivity (Wildman–Crippen MR) is 96.7 cm³/mol. The topological polar surface area (TPSA) is 60.1 Å². The van der Waals surface area contributed by atoms with Crippen LogP contribution in [0.1, 0.15) is 18.9 Å². The van der Waals surface area contributed by atoms with Gasteiger partial charge in [0.1, 0.15) is 12.2 Å². The highest BCUT2D eigenvalue weighted by Gasteiger charge is 2.28. The molecule has 3 heterocycles. The van der Waals surface area contributed by atoms with Crippen LogP contribution in [0.2, 0.25) is 0 Å². The average Bonchev–Trinajstić information content (AvgIpc) is 3.00. The summed E-state index contributed by atoms with van der Waals surface area (Å²) in [6.45, 7) is 2.26. The van der Waals surface area contributed by atoms with E-state index in [2.05, 4.69) is 18.1 Å². The van der Waals surface area contributed by atoms with E-state index in [0.29, 0.717) is 11.0 Å². The van der Waals surface area contributed by atoms with E-state index in [-0.39, 0.29) is 23.9 Å². The molecular formula is C19H20N4O2. The predicted octanol–water partition coefficient (Wildman–Crippen LogP) is 2.10. The van der Waals surface area contributed by atoms with Gasteiger partial charge in [0.15, 0.2) is 5.43 Å². The Morgan fingerprint density at radius 2 is 2.08 bits per heavy atom. The standard InChI is InChI=1S/C19H20N4O2/c1-13-7-8-14-5-3-4-6-16(14)23(13)18(25)12-22-10-9-17(24)15-11-20-21(2)19(15)22/h3-6,9-11,13H,7-8,12H2,1-2H3. The van der Waals surface area contributed by atoms with E-state index in [1.807, 2.05) is 23.1 Å². The number of benzene rings is 1. The van der Waals surface area contributed by atoms with Gasteiger partial charge < -0.3 is 9.47 Å². The molecule has 0 saturated carbocycles. The molecule has 0 aliphatic carbocycles. The van der Waals surface area contributed by atoms with E-state index in [1.54, 1.807) is 28.7 Å². The van der Waals surface area contributed by atoms with Crippen molar-refractivity contribution in [1.82, 2.24) is 14.3 Å². The van der Waals surface area contributed by atoms with Crippen molar-refractivity contribution >= 4 is 22.6 Å². The van der Waals surface area contributed by atoms with Crippen LogP contribution >= 0.6 is 0 Å². The van der Waals surface area contributed by atoms with E-state index in [9.17, 15) is 9.59 Å². The van der Waals surface area contributed by atoms with Crippen molar-refractivity contribution < 1.29 is 4.79 Å². The third kappa shape index (κ3) is 2.54. The summed E-state index contributed by atoms with van der Waals surface area (Å²) >= 11 is 0. The summed E-state index contributed by atoms with van der Waals surface area (Å²) in [7, 11) is 1.78. The largest absolute Gasteiger partial charge is 0.323 e. The first kappa shape index (κ1) is 15.6. The maximum absolute atomic E-state index is 13.1. The van der Waals surface area contributed by atoms with Crippen LogP contribution in [0.4, 0.5) is 5.69 Å². The van der Waals surface area contributed by atoms with Crippen LogP contribution in [0.25, 0.3) is 11.0 Å². The lowest BCUT2D eigenvalue weighted by Gasteiger charge is -2.35. The zero-order chi connectivity index (χ0) is 17.6. The van der Waals surface area contributed by atoms with Gasteiger partial charge in [-0.1, -0.05) is 18.2 Å². The molecule has 3 aromatic rings. The molecule has 0 radical (unpaired) electrons. The highest BCUT2D eigenvalue weighted by Crippen LogP contribution is 2.30. The van der Waals surface area contributed by atoms with Crippen LogP contribution in [0.15, 0.2) is 47.5 Å². The first-order chi connectivity index (χ1) is 12.1. The highest BCUT2D eigenvalue weighted by molar-refractivity contribution is 5.95. The smallest absolute Gasteiger partial charge is 0.247 e. The van der Waals surface area contributed by atoms with Crippen LogP contribution in [0.5, 0.6) is 0 Å². The zero-order valence-electron chi connectivity index (χ0n) is 14.3. The second-order valence-corrected chi connectivity index (χ2v) is 6.59. The molecule has 2 aromatic heterocycles. The van der Waals surface area contributed by atoms with Crippen molar-refractivity contribution in [2.75, 3.05) is 4.90 Å². The lowest BCUT2D eigenvalue weighted by atomic mass is 9.96. The zero-order valence-corrected chi connectivity index (χ0v) is 14.3. The molecule has 1 aromatic carbocycles. The van der Waals surface area contributed by atoms with Gasteiger partial charge in [-0.3, -0.25) is 14.3 Å². The number of fused-ring (bicyclic) bond motifs is 2. The Morgan fingerprint density at radius 3 is 2.92 bits per heavy atom. The van der Waals surface area contributed by atoms with Crippen molar-refractivity contribution in [1.29, 1.82) is 0 Å². The Hall–Kier alpha value is -2.89. The molecular weight excluding hydrogens is 316 g/mol. The summed E-state index contributed by atoms with van der Waals surface area (Å²) in [6.07, 6.45) is 5.17. The fourth-order valence-corrected chi connectivity index (χ4v) is 3.68. The molecule has 1 amide bonds. The number of hydrogen-bond acceptors (Lipinski definition) is 3. The molecule has 25 heavy (non-hydrogen) atoms. The number of carbonyl (C=O) groups is 1. The molecule has 128 valence electrons. The molecule has 0 fully saturated rings. The number of nitrogens with zero attached hydrogens (tertiary/aromatic N) is 4. The third-order valence-corrected chi connectivity index (χ3v) is 4.95. The maximum atomic E-state index is 13.1. The van der Waals surface area contributed by atoms with Crippen molar-refractivity contribution in [2.24, 2.45) is 7.05 Å². The Balaban J connectivity index is 1.73. The van der Waals surface area contributed by atoms with Crippen molar-refractivity contribution in [3.8, 4) is 0 Å². The molecule has 6 nitrogen and oxygen atoms in total. The molecule has 0 saturated heterocycles. The van der Waals surface area contributed by atoms with E-state index in [0.717, 1.165) is 18.5 Å². The van der Waals surface area contributed by atoms with Gasteiger partial charge in [-0.15, -0.1) is 0 Å². The first-order valence-electron chi connectivity index (χ1n) is 8.47. The van der Waals surface area contributed by atoms with Crippen LogP contribution in [0.3, 0.4) is 0 Å². The second kappa shape index (κ2) is 5.88. The number of aromatic nitrogens is 3. The Bertz CT molecular complexity index is 1020. The van der Waals surface area contributed by atoms with Gasteiger partial charge in [-0.2, -0.15) is 5.10 Å². The fourth-order valence-electron chi connectivity index (χ4n) is 3.68. The van der Waals surface area contributed by atoms with Crippen molar-refractivity contribution in [3.05, 3.63) is 58.5 Å². The summed E-state index contributed by atoms with van der Waals surface area (Å²) in [4.78, 5) is 27.0. The summed E-state index contributed by atoms with van der Waals surface area (Å²) < 4.78 is 3.44. The molecule has 0 spiro atoms. The average molecular weight is 336 g/mol. The normalized spacial score (nSPS) is 16.9. The highest BCUT2D eigenvalue weighted by atomic mass is 16.2. The SMILES string of the molecule is CC1CCc2ccccc2N1C(=O)Cn1ccc(=O)c2cnn(C)c21. The minimum Gasteiger partial charge on any atom is -0.323 e. The number of rotatable bonds is 2. The van der Waals surface area contributed by atoms with E-state index in [4.69, 9.17) is 0 Å². The van der Waals surface area contributed by atoms with Gasteiger partial charge in [0.05, 0.1) is 11.6 Å². The van der Waals surface area contributed by atoms with Crippen LogP contribution in [-0.4, -0.2) is 26.3 Å². The molecule has 0 bridgehead atoms. The second-order valence-electron chi connectivity index (χ2n) is 6.59. The molecule has 1 unspecified atom stereocenters. The summed E-state index contributed by atoms with van der Waals surface area (Å²) in [5.74, 6) is 0.0193. The van der Waals surface area contributed by atoms with E-state index >= 15 is 0 Å². The molecule has 6 heteroatoms. The van der Waals surface area contributed by atoms with Gasteiger partial charge in [-0.25, -0.2) is 0 Å². The van der Waals surface area contributed by atoms with Crippen molar-refractivity contribution in [2.45, 2.75) is 32.4 Å². The Morgan fingerprint density at radius 1 is 1.28 bits per heavy atom. The number of aryl methyl sites for hydroxylation is 2. The maximum Gasteiger partial charge on any atom is 0.247 e. The van der Waals surface area contributed by atoms with Crippen LogP contribution in [-0.2, 0) is 24.8 Å². The van der Waals surface area contributed by atoms with Gasteiger partial charge >= 0.3 is 0 Å². The lowest BCUT2D eigenvalue weighted by Crippen LogP contribution is -2.43. The number of para-hydroxylation sites is 1. The van der Waals surface area contributed by atoms with Crippen LogP contribution in [0, 0.1) is 0 Å². The number of amides is 1. The molecule has 1 aliphatic heterocycles. The third-order valence-electron chi connectivity index (χ3n) is 4.95. The summed E-state index contributed by atoms with van der Waals surface area (Å²) in [5.41, 5.74) is 2.79. The number of hydrogen-bond donors (Lipinski definition) is 0. The monoisotopic (exact) mass is 336 g/mol. The number of carbonyl (C=O) groups excluding carboxylic acids is 1. The van der Waals surface area contributed by atoms with Crippen LogP contribution < -0.4 is 10.3 Å². The van der Waals surface area contributed by atoms with Gasteiger partial charge in [0.25, 0.3) is 0 Å². The molecule has 1 aliphatic rings. The summed E-state index contributed by atoms with van der Waals surface area (Å²) in [5, 5.41) is 4.69. The minimum atomic E-state index is -0.0801. The van der Waals surface area contributed by atoms with E-state index < -0.39 is 0 Å². The first-order valence-corrected chi connectivity index (χ1v) is 8.47. The van der Waals surface area contributed by atoms with E-state index in [1.165, 1.54) is 11.6 Å². The fraction of sp³-hybridized carbons (Fsp3) is 0.316. The molecule has 1 atom stereocenters. The quantitative estimate of drug-likeness (QED) is 0.720.